The normalized spacial score (nSPS) is 11.9. The molecule has 1 amide bonds. The van der Waals surface area contributed by atoms with Crippen LogP contribution in [0, 0.1) is 5.82 Å². The van der Waals surface area contributed by atoms with Gasteiger partial charge in [0.1, 0.15) is 11.4 Å². The standard InChI is InChI=1S/C12H14F4N2O2/c1-11(2,3)20-10(19)18-17-7-4-5-8(9(13)6-7)12(14,15)16/h4-6,17H,1-3H3,(H,18,19). The van der Waals surface area contributed by atoms with Crippen molar-refractivity contribution >= 4 is 11.8 Å². The van der Waals surface area contributed by atoms with Crippen molar-refractivity contribution in [2.75, 3.05) is 5.43 Å². The minimum atomic E-state index is -4.76. The minimum absolute atomic E-state index is 0.0404. The summed E-state index contributed by atoms with van der Waals surface area (Å²) in [5, 5.41) is 0. The maximum Gasteiger partial charge on any atom is 0.426 e. The van der Waals surface area contributed by atoms with Gasteiger partial charge in [0.05, 0.1) is 11.3 Å². The van der Waals surface area contributed by atoms with Gasteiger partial charge in [0.15, 0.2) is 0 Å². The molecule has 0 saturated heterocycles. The van der Waals surface area contributed by atoms with E-state index in [1.807, 2.05) is 0 Å². The second-order valence-corrected chi connectivity index (χ2v) is 4.94. The van der Waals surface area contributed by atoms with Crippen molar-refractivity contribution in [2.24, 2.45) is 0 Å². The molecule has 0 radical (unpaired) electrons. The summed E-state index contributed by atoms with van der Waals surface area (Å²) in [6, 6.07) is 2.19. The summed E-state index contributed by atoms with van der Waals surface area (Å²) in [6.07, 6.45) is -5.60. The molecule has 0 aliphatic carbocycles. The van der Waals surface area contributed by atoms with Crippen LogP contribution in [-0.4, -0.2) is 11.7 Å². The van der Waals surface area contributed by atoms with E-state index < -0.39 is 29.3 Å². The van der Waals surface area contributed by atoms with Gasteiger partial charge in [-0.15, -0.1) is 0 Å². The van der Waals surface area contributed by atoms with Gasteiger partial charge in [0.2, 0.25) is 0 Å². The van der Waals surface area contributed by atoms with Crippen molar-refractivity contribution in [1.29, 1.82) is 0 Å². The molecular formula is C12H14F4N2O2. The highest BCUT2D eigenvalue weighted by Crippen LogP contribution is 2.32. The zero-order chi connectivity index (χ0) is 15.6. The van der Waals surface area contributed by atoms with Crippen molar-refractivity contribution in [3.8, 4) is 0 Å². The lowest BCUT2D eigenvalue weighted by molar-refractivity contribution is -0.139. The SMILES string of the molecule is CC(C)(C)OC(=O)NNc1ccc(C(F)(F)F)c(F)c1. The molecule has 1 aromatic carbocycles. The monoisotopic (exact) mass is 294 g/mol. The fourth-order valence-electron chi connectivity index (χ4n) is 1.25. The molecule has 112 valence electrons. The van der Waals surface area contributed by atoms with Crippen LogP contribution in [-0.2, 0) is 10.9 Å². The predicted octanol–water partition coefficient (Wildman–Crippen LogP) is 3.70. The van der Waals surface area contributed by atoms with E-state index in [1.54, 1.807) is 20.8 Å². The van der Waals surface area contributed by atoms with Crippen LogP contribution in [0.1, 0.15) is 26.3 Å². The Bertz CT molecular complexity index is 495. The smallest absolute Gasteiger partial charge is 0.426 e. The van der Waals surface area contributed by atoms with E-state index in [4.69, 9.17) is 4.74 Å². The second-order valence-electron chi connectivity index (χ2n) is 4.94. The van der Waals surface area contributed by atoms with Gasteiger partial charge < -0.3 is 4.74 Å². The fourth-order valence-corrected chi connectivity index (χ4v) is 1.25. The van der Waals surface area contributed by atoms with E-state index in [0.29, 0.717) is 12.1 Å². The Labute approximate surface area is 113 Å². The molecule has 4 nitrogen and oxygen atoms in total. The lowest BCUT2D eigenvalue weighted by Crippen LogP contribution is -2.35. The highest BCUT2D eigenvalue weighted by atomic mass is 19.4. The Hall–Kier alpha value is -1.99. The number of amides is 1. The molecule has 0 unspecified atom stereocenters. The van der Waals surface area contributed by atoms with Gasteiger partial charge >= 0.3 is 12.3 Å². The first-order chi connectivity index (χ1) is 8.99. The van der Waals surface area contributed by atoms with Gasteiger partial charge in [-0.3, -0.25) is 5.43 Å². The summed E-state index contributed by atoms with van der Waals surface area (Å²) in [5.74, 6) is -1.44. The van der Waals surface area contributed by atoms with Gasteiger partial charge in [-0.2, -0.15) is 13.2 Å². The molecule has 0 aromatic heterocycles. The van der Waals surface area contributed by atoms with Gasteiger partial charge in [-0.1, -0.05) is 0 Å². The van der Waals surface area contributed by atoms with E-state index in [0.717, 1.165) is 6.07 Å². The van der Waals surface area contributed by atoms with Crippen molar-refractivity contribution < 1.29 is 27.1 Å². The zero-order valence-electron chi connectivity index (χ0n) is 11.1. The number of carbonyl (C=O) groups is 1. The van der Waals surface area contributed by atoms with Gasteiger partial charge in [-0.05, 0) is 39.0 Å². The number of nitrogens with one attached hydrogen (secondary N) is 2. The third-order valence-electron chi connectivity index (χ3n) is 1.98. The summed E-state index contributed by atoms with van der Waals surface area (Å²) in [7, 11) is 0. The average Bonchev–Trinajstić information content (AvgIpc) is 2.22. The van der Waals surface area contributed by atoms with Crippen LogP contribution in [0.15, 0.2) is 18.2 Å². The van der Waals surface area contributed by atoms with Crippen molar-refractivity contribution in [3.05, 3.63) is 29.6 Å². The summed E-state index contributed by atoms with van der Waals surface area (Å²) in [4.78, 5) is 11.3. The van der Waals surface area contributed by atoms with Crippen molar-refractivity contribution in [1.82, 2.24) is 5.43 Å². The molecule has 1 aromatic rings. The van der Waals surface area contributed by atoms with E-state index in [-0.39, 0.29) is 5.69 Å². The molecule has 2 N–H and O–H groups in total. The van der Waals surface area contributed by atoms with Gasteiger partial charge in [0.25, 0.3) is 0 Å². The zero-order valence-corrected chi connectivity index (χ0v) is 11.1. The third kappa shape index (κ3) is 4.94. The molecule has 0 fully saturated rings. The molecule has 0 bridgehead atoms. The summed E-state index contributed by atoms with van der Waals surface area (Å²) in [6.45, 7) is 4.93. The Morgan fingerprint density at radius 2 is 1.80 bits per heavy atom. The van der Waals surface area contributed by atoms with Crippen LogP contribution in [0.4, 0.5) is 28.0 Å². The number of carbonyl (C=O) groups excluding carboxylic acids is 1. The number of hydrogen-bond donors (Lipinski definition) is 2. The van der Waals surface area contributed by atoms with Crippen LogP contribution in [0.3, 0.4) is 0 Å². The maximum absolute atomic E-state index is 13.2. The molecule has 0 spiro atoms. The maximum atomic E-state index is 13.2. The van der Waals surface area contributed by atoms with Gasteiger partial charge in [-0.25, -0.2) is 14.6 Å². The first-order valence-electron chi connectivity index (χ1n) is 5.61. The molecule has 1 rings (SSSR count). The molecule has 8 heteroatoms. The summed E-state index contributed by atoms with van der Waals surface area (Å²) in [5.41, 5.74) is 2.20. The molecule has 0 saturated carbocycles. The lowest BCUT2D eigenvalue weighted by atomic mass is 10.2. The highest BCUT2D eigenvalue weighted by Gasteiger charge is 2.33. The minimum Gasteiger partial charge on any atom is -0.443 e. The Balaban J connectivity index is 2.67. The highest BCUT2D eigenvalue weighted by molar-refractivity contribution is 5.69. The first kappa shape index (κ1) is 16.1. The topological polar surface area (TPSA) is 50.4 Å². The fraction of sp³-hybridized carbons (Fsp3) is 0.417. The number of hydrazine groups is 1. The summed E-state index contributed by atoms with van der Waals surface area (Å²) >= 11 is 0. The largest absolute Gasteiger partial charge is 0.443 e. The van der Waals surface area contributed by atoms with Crippen molar-refractivity contribution in [2.45, 2.75) is 32.5 Å². The molecule has 0 aliphatic heterocycles. The van der Waals surface area contributed by atoms with Crippen LogP contribution < -0.4 is 10.9 Å². The number of alkyl halides is 3. The number of halogens is 4. The molecule has 20 heavy (non-hydrogen) atoms. The van der Waals surface area contributed by atoms with E-state index >= 15 is 0 Å². The number of ether oxygens (including phenoxy) is 1. The van der Waals surface area contributed by atoms with E-state index in [9.17, 15) is 22.4 Å². The van der Waals surface area contributed by atoms with Crippen molar-refractivity contribution in [3.63, 3.8) is 0 Å². The average molecular weight is 294 g/mol. The number of anilines is 1. The molecule has 0 aliphatic rings. The molecule has 0 atom stereocenters. The lowest BCUT2D eigenvalue weighted by Gasteiger charge is -2.20. The predicted molar refractivity (Wildman–Crippen MR) is 64.4 cm³/mol. The number of rotatable bonds is 2. The first-order valence-corrected chi connectivity index (χ1v) is 5.61. The van der Waals surface area contributed by atoms with E-state index in [1.165, 1.54) is 0 Å². The van der Waals surface area contributed by atoms with E-state index in [2.05, 4.69) is 10.9 Å². The molecule has 0 heterocycles. The van der Waals surface area contributed by atoms with Gasteiger partial charge in [0, 0.05) is 0 Å². The van der Waals surface area contributed by atoms with Crippen LogP contribution in [0.25, 0.3) is 0 Å². The van der Waals surface area contributed by atoms with Crippen LogP contribution >= 0.6 is 0 Å². The second kappa shape index (κ2) is 5.56. The number of benzene rings is 1. The Morgan fingerprint density at radius 3 is 2.25 bits per heavy atom. The van der Waals surface area contributed by atoms with Crippen LogP contribution in [0.2, 0.25) is 0 Å². The Morgan fingerprint density at radius 1 is 1.20 bits per heavy atom. The number of hydrogen-bond acceptors (Lipinski definition) is 3. The molecular weight excluding hydrogens is 280 g/mol. The van der Waals surface area contributed by atoms with Crippen LogP contribution in [0.5, 0.6) is 0 Å². The third-order valence-corrected chi connectivity index (χ3v) is 1.98. The quantitative estimate of drug-likeness (QED) is 0.646. The Kier molecular flexibility index (Phi) is 4.46. The summed E-state index contributed by atoms with van der Waals surface area (Å²) < 4.78 is 55.1.